The van der Waals surface area contributed by atoms with Crippen LogP contribution in [0.1, 0.15) is 30.0 Å². The van der Waals surface area contributed by atoms with E-state index < -0.39 is 10.0 Å². The van der Waals surface area contributed by atoms with Gasteiger partial charge < -0.3 is 5.32 Å². The molecule has 0 bridgehead atoms. The summed E-state index contributed by atoms with van der Waals surface area (Å²) in [7, 11) is -3.51. The monoisotopic (exact) mass is 415 g/mol. The molecule has 1 atom stereocenters. The summed E-state index contributed by atoms with van der Waals surface area (Å²) in [6.07, 6.45) is 1.49. The number of hydrogen-bond donors (Lipinski definition) is 2. The third kappa shape index (κ3) is 5.65. The van der Waals surface area contributed by atoms with Gasteiger partial charge in [-0.3, -0.25) is 9.69 Å². The van der Waals surface area contributed by atoms with E-state index in [1.54, 1.807) is 24.3 Å². The average molecular weight is 416 g/mol. The zero-order valence-corrected chi connectivity index (χ0v) is 17.8. The Morgan fingerprint density at radius 1 is 1.07 bits per heavy atom. The predicted octanol–water partition coefficient (Wildman–Crippen LogP) is 2.23. The highest BCUT2D eigenvalue weighted by Gasteiger charge is 2.24. The van der Waals surface area contributed by atoms with Crippen LogP contribution in [0.3, 0.4) is 0 Å². The van der Waals surface area contributed by atoms with Crippen molar-refractivity contribution in [3.8, 4) is 0 Å². The van der Waals surface area contributed by atoms with E-state index in [-0.39, 0.29) is 23.4 Å². The first kappa shape index (κ1) is 21.5. The summed E-state index contributed by atoms with van der Waals surface area (Å²) in [6.45, 7) is 6.19. The first-order chi connectivity index (χ1) is 13.9. The van der Waals surface area contributed by atoms with E-state index in [0.717, 1.165) is 25.1 Å². The van der Waals surface area contributed by atoms with Crippen LogP contribution < -0.4 is 10.0 Å². The summed E-state index contributed by atoms with van der Waals surface area (Å²) in [5.41, 5.74) is 3.65. The summed E-state index contributed by atoms with van der Waals surface area (Å²) >= 11 is 0. The molecular weight excluding hydrogens is 386 g/mol. The molecule has 0 fully saturated rings. The molecule has 1 amide bonds. The van der Waals surface area contributed by atoms with Crippen molar-refractivity contribution < 1.29 is 13.2 Å². The molecule has 3 rings (SSSR count). The third-order valence-electron chi connectivity index (χ3n) is 5.36. The van der Waals surface area contributed by atoms with Gasteiger partial charge in [0.15, 0.2) is 0 Å². The molecule has 2 aromatic carbocycles. The minimum absolute atomic E-state index is 0.0224. The standard InChI is InChI=1S/C22H29N3O3S/c1-17-8-10-21(11-9-17)29(27,28)24-14-5-13-23-22(26)18(2)25-15-12-19-6-3-4-7-20(19)16-25/h3-4,6-11,18,24H,5,12-16H2,1-2H3,(H,23,26). The molecule has 2 aromatic rings. The number of nitrogens with zero attached hydrogens (tertiary/aromatic N) is 1. The molecule has 0 saturated carbocycles. The first-order valence-electron chi connectivity index (χ1n) is 10.0. The van der Waals surface area contributed by atoms with E-state index >= 15 is 0 Å². The van der Waals surface area contributed by atoms with Gasteiger partial charge in [0.1, 0.15) is 0 Å². The highest BCUT2D eigenvalue weighted by molar-refractivity contribution is 7.89. The number of carbonyl (C=O) groups is 1. The van der Waals surface area contributed by atoms with Crippen molar-refractivity contribution in [2.24, 2.45) is 0 Å². The van der Waals surface area contributed by atoms with Crippen LogP contribution in [0.4, 0.5) is 0 Å². The first-order valence-corrected chi connectivity index (χ1v) is 11.5. The van der Waals surface area contributed by atoms with Crippen molar-refractivity contribution in [1.29, 1.82) is 0 Å². The summed E-state index contributed by atoms with van der Waals surface area (Å²) in [6, 6.07) is 14.9. The van der Waals surface area contributed by atoms with Gasteiger partial charge in [0.25, 0.3) is 0 Å². The molecule has 1 aliphatic rings. The molecular formula is C22H29N3O3S. The van der Waals surface area contributed by atoms with Crippen LogP contribution in [0.2, 0.25) is 0 Å². The van der Waals surface area contributed by atoms with E-state index in [1.165, 1.54) is 11.1 Å². The highest BCUT2D eigenvalue weighted by Crippen LogP contribution is 2.20. The Kier molecular flexibility index (Phi) is 7.05. The molecule has 1 aliphatic heterocycles. The molecule has 0 saturated heterocycles. The number of aryl methyl sites for hydroxylation is 1. The fraction of sp³-hybridized carbons (Fsp3) is 0.409. The third-order valence-corrected chi connectivity index (χ3v) is 6.84. The summed E-state index contributed by atoms with van der Waals surface area (Å²) < 4.78 is 27.1. The lowest BCUT2D eigenvalue weighted by Crippen LogP contribution is -2.47. The van der Waals surface area contributed by atoms with Crippen LogP contribution in [0.25, 0.3) is 0 Å². The Balaban J connectivity index is 1.40. The van der Waals surface area contributed by atoms with Gasteiger partial charge in [-0.2, -0.15) is 0 Å². The summed E-state index contributed by atoms with van der Waals surface area (Å²) in [5, 5.41) is 2.92. The van der Waals surface area contributed by atoms with Crippen molar-refractivity contribution in [2.75, 3.05) is 19.6 Å². The zero-order chi connectivity index (χ0) is 20.9. The Morgan fingerprint density at radius 2 is 1.76 bits per heavy atom. The van der Waals surface area contributed by atoms with Gasteiger partial charge in [-0.25, -0.2) is 13.1 Å². The Morgan fingerprint density at radius 3 is 2.48 bits per heavy atom. The Bertz CT molecular complexity index is 942. The molecule has 0 aromatic heterocycles. The number of benzene rings is 2. The van der Waals surface area contributed by atoms with E-state index in [1.807, 2.05) is 19.9 Å². The largest absolute Gasteiger partial charge is 0.355 e. The zero-order valence-electron chi connectivity index (χ0n) is 17.0. The SMILES string of the molecule is Cc1ccc(S(=O)(=O)NCCCNC(=O)C(C)N2CCc3ccccc3C2)cc1. The van der Waals surface area contributed by atoms with Crippen LogP contribution in [-0.4, -0.2) is 44.9 Å². The van der Waals surface area contributed by atoms with Gasteiger partial charge >= 0.3 is 0 Å². The van der Waals surface area contributed by atoms with E-state index in [0.29, 0.717) is 13.0 Å². The lowest BCUT2D eigenvalue weighted by atomic mass is 9.99. The van der Waals surface area contributed by atoms with Crippen LogP contribution in [0.15, 0.2) is 53.4 Å². The number of carbonyl (C=O) groups excluding carboxylic acids is 1. The van der Waals surface area contributed by atoms with E-state index in [2.05, 4.69) is 33.1 Å². The molecule has 1 unspecified atom stereocenters. The Labute approximate surface area is 173 Å². The van der Waals surface area contributed by atoms with Crippen LogP contribution in [0, 0.1) is 6.92 Å². The average Bonchev–Trinajstić information content (AvgIpc) is 2.72. The maximum atomic E-state index is 12.5. The second-order valence-corrected chi connectivity index (χ2v) is 9.29. The number of sulfonamides is 1. The van der Waals surface area contributed by atoms with Gasteiger partial charge in [0.05, 0.1) is 10.9 Å². The smallest absolute Gasteiger partial charge is 0.240 e. The van der Waals surface area contributed by atoms with Crippen LogP contribution in [0.5, 0.6) is 0 Å². The maximum Gasteiger partial charge on any atom is 0.240 e. The predicted molar refractivity (Wildman–Crippen MR) is 114 cm³/mol. The minimum Gasteiger partial charge on any atom is -0.355 e. The number of amides is 1. The van der Waals surface area contributed by atoms with Gasteiger partial charge in [-0.1, -0.05) is 42.0 Å². The van der Waals surface area contributed by atoms with Crippen molar-refractivity contribution in [2.45, 2.75) is 44.2 Å². The van der Waals surface area contributed by atoms with Gasteiger partial charge in [0, 0.05) is 26.2 Å². The van der Waals surface area contributed by atoms with Crippen molar-refractivity contribution in [1.82, 2.24) is 14.9 Å². The molecule has 2 N–H and O–H groups in total. The molecule has 6 nitrogen and oxygen atoms in total. The topological polar surface area (TPSA) is 78.5 Å². The second kappa shape index (κ2) is 9.52. The number of hydrogen-bond acceptors (Lipinski definition) is 4. The van der Waals surface area contributed by atoms with Crippen LogP contribution in [-0.2, 0) is 27.8 Å². The molecule has 0 radical (unpaired) electrons. The number of rotatable bonds is 8. The van der Waals surface area contributed by atoms with Crippen LogP contribution >= 0.6 is 0 Å². The Hall–Kier alpha value is -2.22. The second-order valence-electron chi connectivity index (χ2n) is 7.52. The highest BCUT2D eigenvalue weighted by atomic mass is 32.2. The molecule has 1 heterocycles. The normalized spacial score (nSPS) is 15.5. The quantitative estimate of drug-likeness (QED) is 0.648. The summed E-state index contributed by atoms with van der Waals surface area (Å²) in [5.74, 6) is -0.0224. The van der Waals surface area contributed by atoms with Gasteiger partial charge in [-0.15, -0.1) is 0 Å². The molecule has 0 spiro atoms. The lowest BCUT2D eigenvalue weighted by molar-refractivity contribution is -0.126. The lowest BCUT2D eigenvalue weighted by Gasteiger charge is -2.32. The maximum absolute atomic E-state index is 12.5. The van der Waals surface area contributed by atoms with Crippen molar-refractivity contribution in [3.63, 3.8) is 0 Å². The van der Waals surface area contributed by atoms with E-state index in [9.17, 15) is 13.2 Å². The summed E-state index contributed by atoms with van der Waals surface area (Å²) in [4.78, 5) is 14.9. The fourth-order valence-electron chi connectivity index (χ4n) is 3.47. The van der Waals surface area contributed by atoms with Gasteiger partial charge in [-0.05, 0) is 49.9 Å². The molecule has 7 heteroatoms. The minimum atomic E-state index is -3.51. The van der Waals surface area contributed by atoms with Crippen molar-refractivity contribution >= 4 is 15.9 Å². The molecule has 29 heavy (non-hydrogen) atoms. The van der Waals surface area contributed by atoms with Gasteiger partial charge in [0.2, 0.25) is 15.9 Å². The fourth-order valence-corrected chi connectivity index (χ4v) is 4.54. The molecule has 156 valence electrons. The molecule has 0 aliphatic carbocycles. The number of nitrogens with one attached hydrogen (secondary N) is 2. The van der Waals surface area contributed by atoms with Crippen molar-refractivity contribution in [3.05, 3.63) is 65.2 Å². The van der Waals surface area contributed by atoms with E-state index in [4.69, 9.17) is 0 Å². The number of fused-ring (bicyclic) bond motifs is 1.